The standard InChI is InChI=1S/C29H33N7O2S/c1-17-3-5-23(36(15-17)27(38)26(37)32-22-14-30-12-19-13-31-34-25(19)22)18-4-6-24-21(11-18)33-28(39-24)29-9-7-20(8-10-29)35(2)16-29/h4,6,11-14,17,20,23H,3,5,7-10,15-16H2,1-2H3,(H,31,34)(H,32,37)/t17-,20?,23+,29?/m0/s1. The van der Waals surface area contributed by atoms with E-state index in [1.165, 1.54) is 41.6 Å². The van der Waals surface area contributed by atoms with Crippen LogP contribution >= 0.6 is 11.3 Å². The molecule has 6 heterocycles. The zero-order valence-corrected chi connectivity index (χ0v) is 23.1. The van der Waals surface area contributed by atoms with E-state index < -0.39 is 11.8 Å². The monoisotopic (exact) mass is 543 g/mol. The molecule has 4 aromatic rings. The number of hydrogen-bond donors (Lipinski definition) is 2. The van der Waals surface area contributed by atoms with E-state index in [0.29, 0.717) is 23.7 Å². The zero-order chi connectivity index (χ0) is 26.7. The van der Waals surface area contributed by atoms with E-state index in [1.54, 1.807) is 17.3 Å². The molecule has 1 saturated carbocycles. The summed E-state index contributed by atoms with van der Waals surface area (Å²) in [4.78, 5) is 40.3. The van der Waals surface area contributed by atoms with Crippen molar-refractivity contribution in [3.63, 3.8) is 0 Å². The van der Waals surface area contributed by atoms with Crippen LogP contribution in [0.4, 0.5) is 5.69 Å². The number of carbonyl (C=O) groups excluding carboxylic acids is 2. The number of aromatic amines is 1. The van der Waals surface area contributed by atoms with Gasteiger partial charge in [-0.3, -0.25) is 19.7 Å². The van der Waals surface area contributed by atoms with Gasteiger partial charge in [0.1, 0.15) is 5.01 Å². The average Bonchev–Trinajstić information content (AvgIpc) is 3.61. The van der Waals surface area contributed by atoms with Crippen molar-refractivity contribution in [3.05, 3.63) is 47.4 Å². The summed E-state index contributed by atoms with van der Waals surface area (Å²) in [6, 6.07) is 7.00. The lowest BCUT2D eigenvalue weighted by Gasteiger charge is -2.50. The first-order valence-corrected chi connectivity index (χ1v) is 14.7. The van der Waals surface area contributed by atoms with Crippen LogP contribution in [0.15, 0.2) is 36.8 Å². The van der Waals surface area contributed by atoms with E-state index in [9.17, 15) is 9.59 Å². The Balaban J connectivity index is 1.16. The van der Waals surface area contributed by atoms with Gasteiger partial charge in [0.05, 0.1) is 39.9 Å². The van der Waals surface area contributed by atoms with E-state index in [1.807, 2.05) is 11.3 Å². The third-order valence-electron chi connectivity index (χ3n) is 9.21. The van der Waals surface area contributed by atoms with Gasteiger partial charge >= 0.3 is 11.8 Å². The fraction of sp³-hybridized carbons (Fsp3) is 0.483. The fourth-order valence-corrected chi connectivity index (χ4v) is 8.19. The van der Waals surface area contributed by atoms with Crippen LogP contribution in [0.1, 0.15) is 62.1 Å². The molecule has 8 rings (SSSR count). The fourth-order valence-electron chi connectivity index (χ4n) is 7.01. The Morgan fingerprint density at radius 3 is 2.79 bits per heavy atom. The third-order valence-corrected chi connectivity index (χ3v) is 10.5. The molecule has 4 fully saturated rings. The normalized spacial score (nSPS) is 27.3. The molecule has 0 spiro atoms. The number of piperidine rings is 3. The maximum absolute atomic E-state index is 13.5. The summed E-state index contributed by atoms with van der Waals surface area (Å²) < 4.78 is 1.19. The molecule has 10 heteroatoms. The molecule has 2 atom stereocenters. The van der Waals surface area contributed by atoms with Crippen molar-refractivity contribution >= 4 is 50.0 Å². The number of nitrogens with zero attached hydrogens (tertiary/aromatic N) is 5. The highest BCUT2D eigenvalue weighted by atomic mass is 32.1. The minimum atomic E-state index is -0.661. The van der Waals surface area contributed by atoms with Crippen molar-refractivity contribution < 1.29 is 9.59 Å². The summed E-state index contributed by atoms with van der Waals surface area (Å²) in [6.07, 6.45) is 11.6. The topological polar surface area (TPSA) is 107 Å². The Morgan fingerprint density at radius 2 is 1.97 bits per heavy atom. The molecule has 4 aliphatic rings. The van der Waals surface area contributed by atoms with Crippen LogP contribution in [0.25, 0.3) is 21.1 Å². The second-order valence-electron chi connectivity index (χ2n) is 11.8. The van der Waals surface area contributed by atoms with Gasteiger partial charge in [0.2, 0.25) is 0 Å². The summed E-state index contributed by atoms with van der Waals surface area (Å²) in [5, 5.41) is 11.7. The highest BCUT2D eigenvalue weighted by Gasteiger charge is 2.46. The Labute approximate surface area is 231 Å². The van der Waals surface area contributed by atoms with E-state index in [0.717, 1.165) is 41.9 Å². The summed E-state index contributed by atoms with van der Waals surface area (Å²) in [5.41, 5.74) is 3.32. The van der Waals surface area contributed by atoms with Crippen LogP contribution in [0.2, 0.25) is 0 Å². The number of anilines is 1. The molecule has 2 bridgehead atoms. The first-order valence-electron chi connectivity index (χ1n) is 13.9. The maximum Gasteiger partial charge on any atom is 0.314 e. The molecular formula is C29H33N7O2S. The van der Waals surface area contributed by atoms with E-state index in [-0.39, 0.29) is 11.5 Å². The van der Waals surface area contributed by atoms with Gasteiger partial charge < -0.3 is 15.1 Å². The Hall–Kier alpha value is -3.37. The van der Waals surface area contributed by atoms with Crippen LogP contribution < -0.4 is 5.32 Å². The molecule has 0 unspecified atom stereocenters. The number of H-pyrrole nitrogens is 1. The first-order chi connectivity index (χ1) is 18.9. The molecule has 3 aromatic heterocycles. The Bertz CT molecular complexity index is 1570. The quantitative estimate of drug-likeness (QED) is 0.365. The molecule has 3 aliphatic heterocycles. The van der Waals surface area contributed by atoms with Crippen LogP contribution in [-0.4, -0.2) is 68.0 Å². The number of pyridine rings is 1. The summed E-state index contributed by atoms with van der Waals surface area (Å²) in [7, 11) is 2.25. The predicted molar refractivity (Wildman–Crippen MR) is 152 cm³/mol. The lowest BCUT2D eigenvalue weighted by Crippen LogP contribution is -2.54. The maximum atomic E-state index is 13.5. The Morgan fingerprint density at radius 1 is 1.13 bits per heavy atom. The molecule has 0 radical (unpaired) electrons. The number of carbonyl (C=O) groups is 2. The van der Waals surface area contributed by atoms with Crippen LogP contribution in [0.5, 0.6) is 0 Å². The number of rotatable bonds is 3. The highest BCUT2D eigenvalue weighted by molar-refractivity contribution is 7.18. The average molecular weight is 544 g/mol. The van der Waals surface area contributed by atoms with Gasteiger partial charge in [0.25, 0.3) is 0 Å². The highest BCUT2D eigenvalue weighted by Crippen LogP contribution is 2.48. The van der Waals surface area contributed by atoms with Crippen molar-refractivity contribution in [1.29, 1.82) is 0 Å². The summed E-state index contributed by atoms with van der Waals surface area (Å²) >= 11 is 1.83. The number of fused-ring (bicyclic) bond motifs is 5. The van der Waals surface area contributed by atoms with Crippen molar-refractivity contribution in [2.45, 2.75) is 62.9 Å². The predicted octanol–water partition coefficient (Wildman–Crippen LogP) is 4.63. The number of benzene rings is 1. The number of amides is 2. The van der Waals surface area contributed by atoms with Gasteiger partial charge in [-0.1, -0.05) is 13.0 Å². The molecule has 2 N–H and O–H groups in total. The number of likely N-dealkylation sites (tertiary alicyclic amines) is 1. The van der Waals surface area contributed by atoms with Crippen molar-refractivity contribution in [2.24, 2.45) is 5.92 Å². The number of hydrogen-bond acceptors (Lipinski definition) is 7. The summed E-state index contributed by atoms with van der Waals surface area (Å²) in [6.45, 7) is 3.76. The second-order valence-corrected chi connectivity index (χ2v) is 12.8. The molecule has 3 saturated heterocycles. The third kappa shape index (κ3) is 4.21. The Kier molecular flexibility index (Phi) is 5.93. The van der Waals surface area contributed by atoms with Gasteiger partial charge in [-0.15, -0.1) is 11.3 Å². The molecule has 9 nitrogen and oxygen atoms in total. The second kappa shape index (κ2) is 9.38. The van der Waals surface area contributed by atoms with Gasteiger partial charge in [-0.2, -0.15) is 5.10 Å². The zero-order valence-electron chi connectivity index (χ0n) is 22.3. The molecule has 39 heavy (non-hydrogen) atoms. The molecule has 1 aliphatic carbocycles. The van der Waals surface area contributed by atoms with E-state index >= 15 is 0 Å². The van der Waals surface area contributed by atoms with Crippen molar-refractivity contribution in [1.82, 2.24) is 30.0 Å². The van der Waals surface area contributed by atoms with Crippen molar-refractivity contribution in [3.8, 4) is 0 Å². The minimum absolute atomic E-state index is 0.163. The molecule has 2 amide bonds. The summed E-state index contributed by atoms with van der Waals surface area (Å²) in [5.74, 6) is -0.864. The smallest absolute Gasteiger partial charge is 0.314 e. The van der Waals surface area contributed by atoms with E-state index in [2.05, 4.69) is 57.6 Å². The molecule has 202 valence electrons. The number of nitrogens with one attached hydrogen (secondary N) is 2. The van der Waals surface area contributed by atoms with Gasteiger partial charge in [-0.25, -0.2) is 4.98 Å². The van der Waals surface area contributed by atoms with Gasteiger partial charge in [0, 0.05) is 36.1 Å². The molecule has 1 aromatic carbocycles. The molecular weight excluding hydrogens is 510 g/mol. The first kappa shape index (κ1) is 24.7. The lowest BCUT2D eigenvalue weighted by atomic mass is 9.68. The SMILES string of the molecule is C[C@H]1CC[C@H](c2ccc3sc(C45CCC(CC4)N(C)C5)nc3c2)N(C(=O)C(=O)Nc2cncc3cn[nH]c23)C1. The van der Waals surface area contributed by atoms with E-state index in [4.69, 9.17) is 4.98 Å². The number of aromatic nitrogens is 4. The van der Waals surface area contributed by atoms with Gasteiger partial charge in [-0.05, 0) is 69.2 Å². The largest absolute Gasteiger partial charge is 0.327 e. The minimum Gasteiger partial charge on any atom is -0.327 e. The number of thiazole rings is 1. The van der Waals surface area contributed by atoms with Crippen LogP contribution in [-0.2, 0) is 15.0 Å². The van der Waals surface area contributed by atoms with Crippen molar-refractivity contribution in [2.75, 3.05) is 25.5 Å². The lowest BCUT2D eigenvalue weighted by molar-refractivity contribution is -0.146. The van der Waals surface area contributed by atoms with Crippen LogP contribution in [0, 0.1) is 5.92 Å². The van der Waals surface area contributed by atoms with Gasteiger partial charge in [0.15, 0.2) is 0 Å². The number of likely N-dealkylation sites (N-methyl/N-ethyl adjacent to an activating group) is 1. The van der Waals surface area contributed by atoms with Crippen LogP contribution in [0.3, 0.4) is 0 Å².